The molecule has 1 heterocycles. The summed E-state index contributed by atoms with van der Waals surface area (Å²) in [6.45, 7) is 4.74. The Morgan fingerprint density at radius 1 is 1.56 bits per heavy atom. The molecule has 1 aromatic rings. The molecule has 1 fully saturated rings. The number of hydrogen-bond donors (Lipinski definition) is 1. The first-order valence-electron chi connectivity index (χ1n) is 6.40. The van der Waals surface area contributed by atoms with Gasteiger partial charge in [0.15, 0.2) is 0 Å². The molecule has 100 valence electrons. The third-order valence-corrected chi connectivity index (χ3v) is 3.71. The van der Waals surface area contributed by atoms with Gasteiger partial charge in [-0.05, 0) is 30.7 Å². The zero-order valence-corrected chi connectivity index (χ0v) is 11.7. The molecule has 0 aliphatic carbocycles. The predicted molar refractivity (Wildman–Crippen MR) is 73.3 cm³/mol. The topological polar surface area (TPSA) is 30.5 Å². The average Bonchev–Trinajstić information content (AvgIpc) is 2.90. The third-order valence-electron chi connectivity index (χ3n) is 3.39. The molecule has 0 bridgehead atoms. The first-order valence-corrected chi connectivity index (χ1v) is 6.78. The molecule has 2 unspecified atom stereocenters. The molecule has 0 amide bonds. The summed E-state index contributed by atoms with van der Waals surface area (Å²) in [7, 11) is 1.64. The van der Waals surface area contributed by atoms with Crippen molar-refractivity contribution in [2.24, 2.45) is 5.92 Å². The minimum absolute atomic E-state index is 0.309. The summed E-state index contributed by atoms with van der Waals surface area (Å²) in [5.41, 5.74) is 1.22. The number of ether oxygens (including phenoxy) is 2. The number of nitrogens with one attached hydrogen (secondary N) is 1. The van der Waals surface area contributed by atoms with Crippen molar-refractivity contribution in [1.29, 1.82) is 0 Å². The Kier molecular flexibility index (Phi) is 4.87. The van der Waals surface area contributed by atoms with E-state index in [1.807, 2.05) is 12.1 Å². The summed E-state index contributed by atoms with van der Waals surface area (Å²) < 4.78 is 10.8. The van der Waals surface area contributed by atoms with Crippen LogP contribution in [0.1, 0.15) is 24.9 Å². The second-order valence-electron chi connectivity index (χ2n) is 4.55. The van der Waals surface area contributed by atoms with Gasteiger partial charge in [-0.3, -0.25) is 0 Å². The standard InChI is InChI=1S/C14H20ClNO2/c1-3-16-14(11-6-7-18-9-11)10-4-5-12(15)13(8-10)17-2/h4-5,8,11,14,16H,3,6-7,9H2,1-2H3. The van der Waals surface area contributed by atoms with Gasteiger partial charge >= 0.3 is 0 Å². The van der Waals surface area contributed by atoms with Crippen molar-refractivity contribution in [2.45, 2.75) is 19.4 Å². The highest BCUT2D eigenvalue weighted by atomic mass is 35.5. The molecule has 2 atom stereocenters. The van der Waals surface area contributed by atoms with Gasteiger partial charge in [0.05, 0.1) is 18.7 Å². The molecule has 1 aliphatic heterocycles. The van der Waals surface area contributed by atoms with E-state index in [0.29, 0.717) is 17.0 Å². The zero-order chi connectivity index (χ0) is 13.0. The van der Waals surface area contributed by atoms with E-state index in [1.165, 1.54) is 5.56 Å². The first kappa shape index (κ1) is 13.7. The van der Waals surface area contributed by atoms with E-state index >= 15 is 0 Å². The van der Waals surface area contributed by atoms with E-state index in [1.54, 1.807) is 7.11 Å². The monoisotopic (exact) mass is 269 g/mol. The van der Waals surface area contributed by atoms with Gasteiger partial charge in [-0.25, -0.2) is 0 Å². The Balaban J connectivity index is 2.23. The number of halogens is 1. The number of hydrogen-bond acceptors (Lipinski definition) is 3. The fraction of sp³-hybridized carbons (Fsp3) is 0.571. The van der Waals surface area contributed by atoms with Gasteiger partial charge < -0.3 is 14.8 Å². The maximum absolute atomic E-state index is 6.07. The lowest BCUT2D eigenvalue weighted by Crippen LogP contribution is -2.28. The summed E-state index contributed by atoms with van der Waals surface area (Å²) in [4.78, 5) is 0. The summed E-state index contributed by atoms with van der Waals surface area (Å²) in [6, 6.07) is 6.30. The van der Waals surface area contributed by atoms with Crippen LogP contribution in [0, 0.1) is 5.92 Å². The number of methoxy groups -OCH3 is 1. The minimum Gasteiger partial charge on any atom is -0.495 e. The van der Waals surface area contributed by atoms with Crippen LogP contribution in [0.5, 0.6) is 5.75 Å². The molecule has 1 aromatic carbocycles. The van der Waals surface area contributed by atoms with Gasteiger partial charge in [-0.1, -0.05) is 24.6 Å². The largest absolute Gasteiger partial charge is 0.495 e. The van der Waals surface area contributed by atoms with Crippen LogP contribution < -0.4 is 10.1 Å². The number of rotatable bonds is 5. The highest BCUT2D eigenvalue weighted by Gasteiger charge is 2.26. The quantitative estimate of drug-likeness (QED) is 0.891. The lowest BCUT2D eigenvalue weighted by atomic mass is 9.92. The molecule has 0 aromatic heterocycles. The Hall–Kier alpha value is -0.770. The van der Waals surface area contributed by atoms with Crippen LogP contribution in [-0.2, 0) is 4.74 Å². The van der Waals surface area contributed by atoms with Crippen LogP contribution in [-0.4, -0.2) is 26.9 Å². The van der Waals surface area contributed by atoms with Crippen molar-refractivity contribution in [3.63, 3.8) is 0 Å². The van der Waals surface area contributed by atoms with Gasteiger partial charge in [0.1, 0.15) is 5.75 Å². The van der Waals surface area contributed by atoms with Crippen LogP contribution in [0.3, 0.4) is 0 Å². The summed E-state index contributed by atoms with van der Waals surface area (Å²) >= 11 is 6.07. The van der Waals surface area contributed by atoms with Crippen LogP contribution >= 0.6 is 11.6 Å². The Morgan fingerprint density at radius 2 is 2.39 bits per heavy atom. The lowest BCUT2D eigenvalue weighted by Gasteiger charge is -2.24. The van der Waals surface area contributed by atoms with Crippen LogP contribution in [0.4, 0.5) is 0 Å². The summed E-state index contributed by atoms with van der Waals surface area (Å²) in [5, 5.41) is 4.18. The molecule has 1 saturated heterocycles. The summed E-state index contributed by atoms with van der Waals surface area (Å²) in [5.74, 6) is 1.26. The van der Waals surface area contributed by atoms with Crippen molar-refractivity contribution < 1.29 is 9.47 Å². The Bertz CT molecular complexity index is 391. The molecular formula is C14H20ClNO2. The van der Waals surface area contributed by atoms with E-state index in [9.17, 15) is 0 Å². The highest BCUT2D eigenvalue weighted by molar-refractivity contribution is 6.32. The SMILES string of the molecule is CCNC(c1ccc(Cl)c(OC)c1)C1CCOC1. The van der Waals surface area contributed by atoms with Crippen molar-refractivity contribution >= 4 is 11.6 Å². The predicted octanol–water partition coefficient (Wildman–Crippen LogP) is 3.04. The molecule has 0 spiro atoms. The van der Waals surface area contributed by atoms with Crippen LogP contribution in [0.2, 0.25) is 5.02 Å². The van der Waals surface area contributed by atoms with Gasteiger partial charge in [-0.2, -0.15) is 0 Å². The number of benzene rings is 1. The van der Waals surface area contributed by atoms with Crippen LogP contribution in [0.15, 0.2) is 18.2 Å². The lowest BCUT2D eigenvalue weighted by molar-refractivity contribution is 0.177. The second-order valence-corrected chi connectivity index (χ2v) is 4.96. The van der Waals surface area contributed by atoms with E-state index in [2.05, 4.69) is 18.3 Å². The van der Waals surface area contributed by atoms with Gasteiger partial charge in [0, 0.05) is 18.6 Å². The summed E-state index contributed by atoms with van der Waals surface area (Å²) in [6.07, 6.45) is 1.10. The molecule has 1 aliphatic rings. The molecule has 2 rings (SSSR count). The fourth-order valence-corrected chi connectivity index (χ4v) is 2.66. The van der Waals surface area contributed by atoms with Gasteiger partial charge in [0.2, 0.25) is 0 Å². The van der Waals surface area contributed by atoms with Crippen molar-refractivity contribution in [2.75, 3.05) is 26.9 Å². The second kappa shape index (κ2) is 6.41. The maximum atomic E-state index is 6.07. The normalized spacial score (nSPS) is 20.9. The van der Waals surface area contributed by atoms with Crippen molar-refractivity contribution in [1.82, 2.24) is 5.32 Å². The molecule has 4 heteroatoms. The Labute approximate surface area is 113 Å². The van der Waals surface area contributed by atoms with E-state index in [0.717, 1.165) is 31.9 Å². The zero-order valence-electron chi connectivity index (χ0n) is 10.9. The highest BCUT2D eigenvalue weighted by Crippen LogP contribution is 2.33. The Morgan fingerprint density at radius 3 is 3.00 bits per heavy atom. The average molecular weight is 270 g/mol. The molecule has 3 nitrogen and oxygen atoms in total. The molecule has 1 N–H and O–H groups in total. The van der Waals surface area contributed by atoms with E-state index in [-0.39, 0.29) is 0 Å². The van der Waals surface area contributed by atoms with Crippen LogP contribution in [0.25, 0.3) is 0 Å². The molecular weight excluding hydrogens is 250 g/mol. The molecule has 0 radical (unpaired) electrons. The molecule has 0 saturated carbocycles. The van der Waals surface area contributed by atoms with E-state index in [4.69, 9.17) is 21.1 Å². The smallest absolute Gasteiger partial charge is 0.137 e. The minimum atomic E-state index is 0.309. The maximum Gasteiger partial charge on any atom is 0.137 e. The van der Waals surface area contributed by atoms with Crippen molar-refractivity contribution in [3.8, 4) is 5.75 Å². The van der Waals surface area contributed by atoms with Gasteiger partial charge in [-0.15, -0.1) is 0 Å². The van der Waals surface area contributed by atoms with Gasteiger partial charge in [0.25, 0.3) is 0 Å². The first-order chi connectivity index (χ1) is 8.76. The third kappa shape index (κ3) is 2.97. The van der Waals surface area contributed by atoms with Crippen molar-refractivity contribution in [3.05, 3.63) is 28.8 Å². The molecule has 18 heavy (non-hydrogen) atoms. The fourth-order valence-electron chi connectivity index (χ4n) is 2.46. The van der Waals surface area contributed by atoms with E-state index < -0.39 is 0 Å².